The normalized spacial score (nSPS) is 35.1. The highest BCUT2D eigenvalue weighted by molar-refractivity contribution is 14.1. The highest BCUT2D eigenvalue weighted by Gasteiger charge is 2.62. The third-order valence-corrected chi connectivity index (χ3v) is 6.47. The van der Waals surface area contributed by atoms with Crippen LogP contribution in [0.4, 0.5) is 8.78 Å². The van der Waals surface area contributed by atoms with Crippen LogP contribution < -0.4 is 5.32 Å². The predicted octanol–water partition coefficient (Wildman–Crippen LogP) is 1.90. The van der Waals surface area contributed by atoms with E-state index in [1.54, 1.807) is 6.92 Å². The van der Waals surface area contributed by atoms with Gasteiger partial charge in [0.1, 0.15) is 12.0 Å². The van der Waals surface area contributed by atoms with E-state index in [4.69, 9.17) is 0 Å². The van der Waals surface area contributed by atoms with Crippen molar-refractivity contribution < 1.29 is 23.5 Å². The number of nitrogens with one attached hydrogen (secondary N) is 1. The fraction of sp³-hybridized carbons (Fsp3) is 0.556. The molecule has 1 aliphatic heterocycles. The lowest BCUT2D eigenvalue weighted by Crippen LogP contribution is -2.56. The third-order valence-electron chi connectivity index (χ3n) is 5.64. The smallest absolute Gasteiger partial charge is 0.254 e. The van der Waals surface area contributed by atoms with E-state index in [2.05, 4.69) is 5.32 Å². The molecule has 0 bridgehead atoms. The van der Waals surface area contributed by atoms with Crippen LogP contribution in [0.5, 0.6) is 0 Å². The summed E-state index contributed by atoms with van der Waals surface area (Å²) in [5, 5.41) is 12.5. The Morgan fingerprint density at radius 2 is 2.08 bits per heavy atom. The standard InChI is InChI=1S/C18H19F2IN2O3/c1-17(26)4-9(5-17)22-13(24)7-23-8-18(6-12(18)19)14-10(16(23)25)2-3-11(21)15(14)20/h2-3,9,12,26H,4-8H2,1H3,(H,22,24)/t9-,12-,17-,18-/m0/s1. The number of rotatable bonds is 3. The average Bonchev–Trinajstić information content (AvgIpc) is 3.15. The van der Waals surface area contributed by atoms with Gasteiger partial charge < -0.3 is 15.3 Å². The second kappa shape index (κ2) is 5.85. The zero-order chi connectivity index (χ0) is 18.9. The minimum Gasteiger partial charge on any atom is -0.390 e. The molecule has 0 unspecified atom stereocenters. The minimum absolute atomic E-state index is 0.00676. The summed E-state index contributed by atoms with van der Waals surface area (Å²) in [5.74, 6) is -1.33. The highest BCUT2D eigenvalue weighted by atomic mass is 127. The van der Waals surface area contributed by atoms with Gasteiger partial charge in [-0.2, -0.15) is 0 Å². The summed E-state index contributed by atoms with van der Waals surface area (Å²) < 4.78 is 29.2. The van der Waals surface area contributed by atoms with Gasteiger partial charge in [-0.25, -0.2) is 8.78 Å². The largest absolute Gasteiger partial charge is 0.390 e. The summed E-state index contributed by atoms with van der Waals surface area (Å²) in [4.78, 5) is 26.3. The summed E-state index contributed by atoms with van der Waals surface area (Å²) >= 11 is 1.83. The van der Waals surface area contributed by atoms with Gasteiger partial charge in [0.05, 0.1) is 17.6 Å². The van der Waals surface area contributed by atoms with Crippen molar-refractivity contribution in [3.63, 3.8) is 0 Å². The van der Waals surface area contributed by atoms with Crippen molar-refractivity contribution in [3.8, 4) is 0 Å². The van der Waals surface area contributed by atoms with E-state index in [1.807, 2.05) is 22.6 Å². The molecule has 1 aromatic rings. The van der Waals surface area contributed by atoms with Gasteiger partial charge in [0, 0.05) is 27.3 Å². The Hall–Kier alpha value is -1.29. The maximum Gasteiger partial charge on any atom is 0.254 e. The number of carbonyl (C=O) groups excluding carboxylic acids is 2. The molecule has 2 saturated carbocycles. The second-order valence-electron chi connectivity index (χ2n) is 7.94. The van der Waals surface area contributed by atoms with Crippen LogP contribution in [0.25, 0.3) is 0 Å². The molecule has 2 aliphatic carbocycles. The monoisotopic (exact) mass is 476 g/mol. The van der Waals surface area contributed by atoms with E-state index in [0.717, 1.165) is 0 Å². The zero-order valence-electron chi connectivity index (χ0n) is 14.2. The van der Waals surface area contributed by atoms with Gasteiger partial charge in [0.2, 0.25) is 5.91 Å². The minimum atomic E-state index is -1.21. The molecule has 3 aliphatic rings. The molecule has 0 aromatic heterocycles. The van der Waals surface area contributed by atoms with Gasteiger partial charge in [0.25, 0.3) is 5.91 Å². The number of fused-ring (bicyclic) bond motifs is 2. The van der Waals surface area contributed by atoms with Crippen LogP contribution in [-0.4, -0.2) is 52.7 Å². The second-order valence-corrected chi connectivity index (χ2v) is 9.10. The van der Waals surface area contributed by atoms with Crippen molar-refractivity contribution in [1.82, 2.24) is 10.2 Å². The van der Waals surface area contributed by atoms with Crippen LogP contribution in [-0.2, 0) is 10.2 Å². The van der Waals surface area contributed by atoms with E-state index in [-0.39, 0.29) is 42.6 Å². The first-order valence-electron chi connectivity index (χ1n) is 8.56. The van der Waals surface area contributed by atoms with E-state index >= 15 is 0 Å². The number of nitrogens with zero attached hydrogens (tertiary/aromatic N) is 1. The summed E-state index contributed by atoms with van der Waals surface area (Å²) in [5.41, 5.74) is -1.48. The molecule has 2 amide bonds. The Balaban J connectivity index is 1.53. The Bertz CT molecular complexity index is 808. The molecule has 1 heterocycles. The van der Waals surface area contributed by atoms with Crippen LogP contribution in [0, 0.1) is 9.39 Å². The Labute approximate surface area is 163 Å². The van der Waals surface area contributed by atoms with Gasteiger partial charge in [-0.05, 0) is 60.9 Å². The van der Waals surface area contributed by atoms with Crippen LogP contribution in [0.3, 0.4) is 0 Å². The van der Waals surface area contributed by atoms with E-state index < -0.39 is 28.9 Å². The number of amides is 2. The molecule has 8 heteroatoms. The molecule has 1 spiro atoms. The SMILES string of the molecule is C[C@]1(O)C[C@H](NC(=O)CN2C[C@]3(C[C@@H]3F)c3c(ccc(I)c3F)C2=O)C1. The maximum atomic E-state index is 14.6. The van der Waals surface area contributed by atoms with Crippen LogP contribution in [0.15, 0.2) is 12.1 Å². The fourth-order valence-corrected chi connectivity index (χ4v) is 4.69. The first kappa shape index (κ1) is 18.1. The van der Waals surface area contributed by atoms with Crippen molar-refractivity contribution in [1.29, 1.82) is 0 Å². The number of benzene rings is 1. The quantitative estimate of drug-likeness (QED) is 0.656. The topological polar surface area (TPSA) is 69.6 Å². The molecule has 0 saturated heterocycles. The summed E-state index contributed by atoms with van der Waals surface area (Å²) in [7, 11) is 0. The first-order valence-corrected chi connectivity index (χ1v) is 9.64. The van der Waals surface area contributed by atoms with Crippen molar-refractivity contribution in [2.24, 2.45) is 0 Å². The van der Waals surface area contributed by atoms with Crippen molar-refractivity contribution in [2.45, 2.75) is 49.4 Å². The number of hydrogen-bond donors (Lipinski definition) is 2. The van der Waals surface area contributed by atoms with Gasteiger partial charge in [-0.1, -0.05) is 0 Å². The van der Waals surface area contributed by atoms with Crippen LogP contribution >= 0.6 is 22.6 Å². The van der Waals surface area contributed by atoms with Gasteiger partial charge in [0.15, 0.2) is 0 Å². The summed E-state index contributed by atoms with van der Waals surface area (Å²) in [6, 6.07) is 2.89. The maximum absolute atomic E-state index is 14.6. The number of hydrogen-bond acceptors (Lipinski definition) is 3. The van der Waals surface area contributed by atoms with Crippen LogP contribution in [0.2, 0.25) is 0 Å². The molecule has 26 heavy (non-hydrogen) atoms. The van der Waals surface area contributed by atoms with Crippen LogP contribution in [0.1, 0.15) is 42.1 Å². The van der Waals surface area contributed by atoms with E-state index in [1.165, 1.54) is 17.0 Å². The van der Waals surface area contributed by atoms with Crippen molar-refractivity contribution in [3.05, 3.63) is 32.6 Å². The average molecular weight is 476 g/mol. The van der Waals surface area contributed by atoms with Crippen molar-refractivity contribution in [2.75, 3.05) is 13.1 Å². The number of carbonyl (C=O) groups is 2. The van der Waals surface area contributed by atoms with Gasteiger partial charge in [-0.15, -0.1) is 0 Å². The third kappa shape index (κ3) is 2.81. The van der Waals surface area contributed by atoms with E-state index in [9.17, 15) is 23.5 Å². The lowest BCUT2D eigenvalue weighted by molar-refractivity contribution is -0.125. The molecule has 140 valence electrons. The zero-order valence-corrected chi connectivity index (χ0v) is 16.3. The molecule has 5 nitrogen and oxygen atoms in total. The van der Waals surface area contributed by atoms with Gasteiger partial charge >= 0.3 is 0 Å². The molecule has 2 fully saturated rings. The Kier molecular flexibility index (Phi) is 4.07. The number of aliphatic hydroxyl groups is 1. The predicted molar refractivity (Wildman–Crippen MR) is 98.0 cm³/mol. The molecule has 4 rings (SSSR count). The fourth-order valence-electron chi connectivity index (χ4n) is 4.24. The van der Waals surface area contributed by atoms with Gasteiger partial charge in [-0.3, -0.25) is 9.59 Å². The lowest BCUT2D eigenvalue weighted by atomic mass is 9.77. The summed E-state index contributed by atoms with van der Waals surface area (Å²) in [6.07, 6.45) is -0.117. The lowest BCUT2D eigenvalue weighted by Gasteiger charge is -2.41. The molecule has 0 radical (unpaired) electrons. The molecule has 2 atom stereocenters. The van der Waals surface area contributed by atoms with E-state index in [0.29, 0.717) is 16.4 Å². The number of halogens is 3. The molecule has 1 aromatic carbocycles. The first-order chi connectivity index (χ1) is 12.1. The highest BCUT2D eigenvalue weighted by Crippen LogP contribution is 2.55. The number of alkyl halides is 1. The van der Waals surface area contributed by atoms with Crippen molar-refractivity contribution >= 4 is 34.4 Å². The molecular formula is C18H19F2IN2O3. The Morgan fingerprint density at radius 1 is 1.42 bits per heavy atom. The summed E-state index contributed by atoms with van der Waals surface area (Å²) in [6.45, 7) is 1.51. The Morgan fingerprint density at radius 3 is 2.65 bits per heavy atom. The molecule has 2 N–H and O–H groups in total. The molecular weight excluding hydrogens is 457 g/mol.